The standard InChI is InChI=1S/C14H19N3O2/c1-15-11-6-2-3-7-12(11)17(10-18)13-8-4-5-9-16-14(13)19/h2-3,6-7,10,13,15H,4-5,8-9H2,1H3,(H,16,19). The van der Waals surface area contributed by atoms with Gasteiger partial charge in [-0.1, -0.05) is 12.1 Å². The van der Waals surface area contributed by atoms with Crippen molar-refractivity contribution in [2.45, 2.75) is 25.3 Å². The van der Waals surface area contributed by atoms with Crippen LogP contribution in [0.2, 0.25) is 0 Å². The number of benzene rings is 1. The Bertz CT molecular complexity index is 462. The molecule has 0 saturated carbocycles. The molecule has 1 heterocycles. The fourth-order valence-corrected chi connectivity index (χ4v) is 2.40. The van der Waals surface area contributed by atoms with Gasteiger partial charge in [0.15, 0.2) is 0 Å². The highest BCUT2D eigenvalue weighted by atomic mass is 16.2. The Labute approximate surface area is 113 Å². The van der Waals surface area contributed by atoms with E-state index in [4.69, 9.17) is 0 Å². The quantitative estimate of drug-likeness (QED) is 0.804. The molecule has 0 aliphatic carbocycles. The normalized spacial score (nSPS) is 19.2. The Morgan fingerprint density at radius 2 is 2.16 bits per heavy atom. The Morgan fingerprint density at radius 3 is 2.89 bits per heavy atom. The summed E-state index contributed by atoms with van der Waals surface area (Å²) in [5.41, 5.74) is 1.58. The summed E-state index contributed by atoms with van der Waals surface area (Å²) in [4.78, 5) is 25.0. The first-order chi connectivity index (χ1) is 9.27. The second-order valence-corrected chi connectivity index (χ2v) is 4.58. The monoisotopic (exact) mass is 261 g/mol. The molecule has 19 heavy (non-hydrogen) atoms. The van der Waals surface area contributed by atoms with Gasteiger partial charge >= 0.3 is 0 Å². The largest absolute Gasteiger partial charge is 0.386 e. The molecule has 2 amide bonds. The molecule has 102 valence electrons. The molecule has 0 radical (unpaired) electrons. The van der Waals surface area contributed by atoms with Gasteiger partial charge < -0.3 is 15.5 Å². The van der Waals surface area contributed by atoms with Crippen molar-refractivity contribution in [2.75, 3.05) is 23.8 Å². The number of carbonyl (C=O) groups is 2. The van der Waals surface area contributed by atoms with Crippen LogP contribution in [-0.4, -0.2) is 32.0 Å². The number of amides is 2. The highest BCUT2D eigenvalue weighted by Gasteiger charge is 2.28. The molecule has 2 rings (SSSR count). The van der Waals surface area contributed by atoms with Crippen LogP contribution in [0, 0.1) is 0 Å². The highest BCUT2D eigenvalue weighted by molar-refractivity contribution is 5.94. The van der Waals surface area contributed by atoms with Gasteiger partial charge in [0.05, 0.1) is 11.4 Å². The minimum Gasteiger partial charge on any atom is -0.386 e. The topological polar surface area (TPSA) is 61.4 Å². The van der Waals surface area contributed by atoms with E-state index in [0.717, 1.165) is 30.6 Å². The number of rotatable bonds is 4. The Hall–Kier alpha value is -2.04. The number of hydrogen-bond donors (Lipinski definition) is 2. The van der Waals surface area contributed by atoms with Crippen LogP contribution in [0.4, 0.5) is 11.4 Å². The van der Waals surface area contributed by atoms with Crippen LogP contribution in [-0.2, 0) is 9.59 Å². The molecule has 0 aromatic heterocycles. The second-order valence-electron chi connectivity index (χ2n) is 4.58. The molecule has 5 heteroatoms. The molecule has 0 spiro atoms. The van der Waals surface area contributed by atoms with E-state index >= 15 is 0 Å². The fourth-order valence-electron chi connectivity index (χ4n) is 2.40. The number of anilines is 2. The lowest BCUT2D eigenvalue weighted by molar-refractivity contribution is -0.123. The van der Waals surface area contributed by atoms with E-state index in [0.29, 0.717) is 13.0 Å². The van der Waals surface area contributed by atoms with Crippen LogP contribution in [0.25, 0.3) is 0 Å². The van der Waals surface area contributed by atoms with Gasteiger partial charge in [-0.05, 0) is 31.4 Å². The van der Waals surface area contributed by atoms with Crippen LogP contribution >= 0.6 is 0 Å². The molecule has 0 bridgehead atoms. The summed E-state index contributed by atoms with van der Waals surface area (Å²) in [5.74, 6) is -0.0736. The van der Waals surface area contributed by atoms with Crippen molar-refractivity contribution in [3.05, 3.63) is 24.3 Å². The van der Waals surface area contributed by atoms with Crippen molar-refractivity contribution in [1.82, 2.24) is 5.32 Å². The lowest BCUT2D eigenvalue weighted by atomic mass is 10.1. The summed E-state index contributed by atoms with van der Waals surface area (Å²) >= 11 is 0. The lowest BCUT2D eigenvalue weighted by Crippen LogP contribution is -2.45. The maximum atomic E-state index is 12.1. The molecule has 1 aromatic carbocycles. The maximum absolute atomic E-state index is 12.1. The number of nitrogens with one attached hydrogen (secondary N) is 2. The predicted octanol–water partition coefficient (Wildman–Crippen LogP) is 1.36. The third-order valence-corrected chi connectivity index (χ3v) is 3.41. The van der Waals surface area contributed by atoms with E-state index in [2.05, 4.69) is 10.6 Å². The van der Waals surface area contributed by atoms with Crippen molar-refractivity contribution >= 4 is 23.7 Å². The summed E-state index contributed by atoms with van der Waals surface area (Å²) < 4.78 is 0. The minimum absolute atomic E-state index is 0.0736. The minimum atomic E-state index is -0.422. The van der Waals surface area contributed by atoms with Gasteiger partial charge in [0.1, 0.15) is 6.04 Å². The zero-order valence-corrected chi connectivity index (χ0v) is 11.1. The van der Waals surface area contributed by atoms with Crippen molar-refractivity contribution in [3.63, 3.8) is 0 Å². The molecular formula is C14H19N3O2. The Morgan fingerprint density at radius 1 is 1.37 bits per heavy atom. The van der Waals surface area contributed by atoms with Crippen LogP contribution < -0.4 is 15.5 Å². The van der Waals surface area contributed by atoms with Gasteiger partial charge in [0, 0.05) is 13.6 Å². The van der Waals surface area contributed by atoms with Crippen molar-refractivity contribution in [1.29, 1.82) is 0 Å². The van der Waals surface area contributed by atoms with Crippen LogP contribution in [0.1, 0.15) is 19.3 Å². The smallest absolute Gasteiger partial charge is 0.243 e. The average molecular weight is 261 g/mol. The third kappa shape index (κ3) is 2.86. The number of para-hydroxylation sites is 2. The fraction of sp³-hybridized carbons (Fsp3) is 0.429. The molecule has 1 aromatic rings. The second kappa shape index (κ2) is 6.22. The highest BCUT2D eigenvalue weighted by Crippen LogP contribution is 2.27. The molecule has 1 saturated heterocycles. The first-order valence-corrected chi connectivity index (χ1v) is 6.56. The Balaban J connectivity index is 2.32. The number of carbonyl (C=O) groups excluding carboxylic acids is 2. The summed E-state index contributed by atoms with van der Waals surface area (Å²) in [6.07, 6.45) is 3.34. The van der Waals surface area contributed by atoms with Gasteiger partial charge in [-0.15, -0.1) is 0 Å². The van der Waals surface area contributed by atoms with E-state index in [9.17, 15) is 9.59 Å². The molecule has 1 unspecified atom stereocenters. The van der Waals surface area contributed by atoms with Gasteiger partial charge in [0.2, 0.25) is 12.3 Å². The molecule has 2 N–H and O–H groups in total. The van der Waals surface area contributed by atoms with Crippen LogP contribution in [0.5, 0.6) is 0 Å². The lowest BCUT2D eigenvalue weighted by Gasteiger charge is -2.27. The summed E-state index contributed by atoms with van der Waals surface area (Å²) in [7, 11) is 1.80. The van der Waals surface area contributed by atoms with Gasteiger partial charge in [-0.25, -0.2) is 0 Å². The van der Waals surface area contributed by atoms with Gasteiger partial charge in [-0.2, -0.15) is 0 Å². The molecule has 1 aliphatic heterocycles. The van der Waals surface area contributed by atoms with E-state index in [1.54, 1.807) is 7.05 Å². The number of nitrogens with zero attached hydrogens (tertiary/aromatic N) is 1. The van der Waals surface area contributed by atoms with Crippen molar-refractivity contribution in [2.24, 2.45) is 0 Å². The van der Waals surface area contributed by atoms with Crippen molar-refractivity contribution < 1.29 is 9.59 Å². The maximum Gasteiger partial charge on any atom is 0.243 e. The molecular weight excluding hydrogens is 242 g/mol. The molecule has 1 aliphatic rings. The summed E-state index contributed by atoms with van der Waals surface area (Å²) in [6.45, 7) is 0.690. The molecule has 1 atom stereocenters. The average Bonchev–Trinajstić information content (AvgIpc) is 2.66. The van der Waals surface area contributed by atoms with E-state index in [-0.39, 0.29) is 5.91 Å². The molecule has 1 fully saturated rings. The first-order valence-electron chi connectivity index (χ1n) is 6.56. The summed E-state index contributed by atoms with van der Waals surface area (Å²) in [5, 5.41) is 5.90. The number of hydrogen-bond acceptors (Lipinski definition) is 3. The SMILES string of the molecule is CNc1ccccc1N(C=O)C1CCCCNC1=O. The summed E-state index contributed by atoms with van der Waals surface area (Å²) in [6, 6.07) is 7.07. The zero-order valence-electron chi connectivity index (χ0n) is 11.1. The Kier molecular flexibility index (Phi) is 4.39. The van der Waals surface area contributed by atoms with Crippen LogP contribution in [0.3, 0.4) is 0 Å². The molecule has 5 nitrogen and oxygen atoms in total. The van der Waals surface area contributed by atoms with E-state index in [1.165, 1.54) is 4.90 Å². The third-order valence-electron chi connectivity index (χ3n) is 3.41. The zero-order chi connectivity index (χ0) is 13.7. The van der Waals surface area contributed by atoms with Gasteiger partial charge in [0.25, 0.3) is 0 Å². The van der Waals surface area contributed by atoms with Gasteiger partial charge in [-0.3, -0.25) is 9.59 Å². The van der Waals surface area contributed by atoms with E-state index in [1.807, 2.05) is 24.3 Å². The van der Waals surface area contributed by atoms with Crippen LogP contribution in [0.15, 0.2) is 24.3 Å². The van der Waals surface area contributed by atoms with E-state index < -0.39 is 6.04 Å². The first kappa shape index (κ1) is 13.4. The predicted molar refractivity (Wildman–Crippen MR) is 75.2 cm³/mol. The van der Waals surface area contributed by atoms with Crippen molar-refractivity contribution in [3.8, 4) is 0 Å².